The summed E-state index contributed by atoms with van der Waals surface area (Å²) < 4.78 is 11.1. The van der Waals surface area contributed by atoms with Crippen LogP contribution in [0.1, 0.15) is 17.5 Å². The number of morpholine rings is 1. The minimum absolute atomic E-state index is 0.0301. The second-order valence-corrected chi connectivity index (χ2v) is 5.85. The predicted molar refractivity (Wildman–Crippen MR) is 75.8 cm³/mol. The molecule has 2 fully saturated rings. The van der Waals surface area contributed by atoms with Crippen LogP contribution in [0.3, 0.4) is 0 Å². The number of aryl methyl sites for hydroxylation is 1. The summed E-state index contributed by atoms with van der Waals surface area (Å²) in [5.41, 5.74) is 2.94. The maximum absolute atomic E-state index is 12.0. The third-order valence-corrected chi connectivity index (χ3v) is 4.40. The lowest BCUT2D eigenvalue weighted by Gasteiger charge is -2.26. The molecule has 1 aromatic heterocycles. The lowest BCUT2D eigenvalue weighted by atomic mass is 10.1. The van der Waals surface area contributed by atoms with Crippen molar-refractivity contribution in [2.24, 2.45) is 0 Å². The van der Waals surface area contributed by atoms with Gasteiger partial charge in [-0.2, -0.15) is 0 Å². The molecule has 2 saturated heterocycles. The standard InChI is InChI=1S/C16H17NO3/c1-10-4-11(5-14-15(18)2-3-19-16(10)14)7-17-8-13-6-12(17)9-20-13/h2-5,12-13H,6-9H2,1H3/t12-,13-/m1/s1. The Hall–Kier alpha value is -1.65. The maximum Gasteiger partial charge on any atom is 0.192 e. The molecule has 2 aromatic rings. The number of ether oxygens (including phenoxy) is 1. The number of nitrogens with zero attached hydrogens (tertiary/aromatic N) is 1. The Morgan fingerprint density at radius 1 is 1.40 bits per heavy atom. The molecule has 0 amide bonds. The highest BCUT2D eigenvalue weighted by Crippen LogP contribution is 2.29. The summed E-state index contributed by atoms with van der Waals surface area (Å²) in [7, 11) is 0. The lowest BCUT2D eigenvalue weighted by Crippen LogP contribution is -2.36. The van der Waals surface area contributed by atoms with E-state index in [1.807, 2.05) is 13.0 Å². The summed E-state index contributed by atoms with van der Waals surface area (Å²) in [6, 6.07) is 6.12. The van der Waals surface area contributed by atoms with E-state index in [2.05, 4.69) is 11.0 Å². The molecule has 4 rings (SSSR count). The van der Waals surface area contributed by atoms with Crippen molar-refractivity contribution in [3.05, 3.63) is 45.8 Å². The molecule has 0 radical (unpaired) electrons. The number of rotatable bonds is 2. The van der Waals surface area contributed by atoms with E-state index in [9.17, 15) is 4.79 Å². The van der Waals surface area contributed by atoms with Crippen LogP contribution in [-0.4, -0.2) is 30.2 Å². The van der Waals surface area contributed by atoms with Gasteiger partial charge in [0.25, 0.3) is 0 Å². The van der Waals surface area contributed by atoms with Gasteiger partial charge in [-0.3, -0.25) is 9.69 Å². The van der Waals surface area contributed by atoms with Crippen LogP contribution in [0, 0.1) is 6.92 Å². The third kappa shape index (κ3) is 1.87. The zero-order valence-electron chi connectivity index (χ0n) is 11.5. The molecule has 20 heavy (non-hydrogen) atoms. The average molecular weight is 271 g/mol. The number of fused-ring (bicyclic) bond motifs is 3. The zero-order valence-corrected chi connectivity index (χ0v) is 11.5. The minimum Gasteiger partial charge on any atom is -0.464 e. The maximum atomic E-state index is 12.0. The molecular weight excluding hydrogens is 254 g/mol. The Morgan fingerprint density at radius 2 is 2.30 bits per heavy atom. The Labute approximate surface area is 116 Å². The topological polar surface area (TPSA) is 42.7 Å². The van der Waals surface area contributed by atoms with Gasteiger partial charge >= 0.3 is 0 Å². The van der Waals surface area contributed by atoms with Crippen molar-refractivity contribution in [1.29, 1.82) is 0 Å². The molecule has 0 N–H and O–H groups in total. The molecule has 2 aliphatic heterocycles. The molecule has 2 atom stereocenters. The third-order valence-electron chi connectivity index (χ3n) is 4.40. The molecule has 0 saturated carbocycles. The number of hydrogen-bond donors (Lipinski definition) is 0. The van der Waals surface area contributed by atoms with Crippen molar-refractivity contribution in [2.75, 3.05) is 13.2 Å². The summed E-state index contributed by atoms with van der Waals surface area (Å²) in [5, 5.41) is 0.683. The molecule has 4 heteroatoms. The summed E-state index contributed by atoms with van der Waals surface area (Å²) in [5.74, 6) is 0. The molecule has 3 heterocycles. The van der Waals surface area contributed by atoms with E-state index >= 15 is 0 Å². The SMILES string of the molecule is Cc1cc(CN2C[C@H]3C[C@@H]2CO3)cc2c(=O)ccoc12. The van der Waals surface area contributed by atoms with Crippen LogP contribution in [0.5, 0.6) is 0 Å². The van der Waals surface area contributed by atoms with Crippen LogP contribution in [0.2, 0.25) is 0 Å². The highest BCUT2D eigenvalue weighted by molar-refractivity contribution is 5.80. The molecule has 0 aliphatic carbocycles. The Bertz CT molecular complexity index is 721. The van der Waals surface area contributed by atoms with Gasteiger partial charge in [-0.05, 0) is 30.5 Å². The van der Waals surface area contributed by atoms with Gasteiger partial charge in [0.2, 0.25) is 0 Å². The first-order valence-corrected chi connectivity index (χ1v) is 7.07. The normalized spacial score (nSPS) is 25.6. The summed E-state index contributed by atoms with van der Waals surface area (Å²) >= 11 is 0. The van der Waals surface area contributed by atoms with Gasteiger partial charge in [0, 0.05) is 25.2 Å². The van der Waals surface area contributed by atoms with E-state index in [4.69, 9.17) is 9.15 Å². The average Bonchev–Trinajstić information content (AvgIpc) is 3.02. The first-order chi connectivity index (χ1) is 9.70. The van der Waals surface area contributed by atoms with E-state index in [0.29, 0.717) is 23.1 Å². The van der Waals surface area contributed by atoms with E-state index in [-0.39, 0.29) is 5.43 Å². The molecule has 0 spiro atoms. The largest absolute Gasteiger partial charge is 0.464 e. The highest BCUT2D eigenvalue weighted by Gasteiger charge is 2.38. The van der Waals surface area contributed by atoms with Crippen molar-refractivity contribution in [1.82, 2.24) is 4.90 Å². The van der Waals surface area contributed by atoms with Crippen LogP contribution in [0.4, 0.5) is 0 Å². The monoisotopic (exact) mass is 271 g/mol. The molecular formula is C16H17NO3. The van der Waals surface area contributed by atoms with Crippen LogP contribution < -0.4 is 5.43 Å². The van der Waals surface area contributed by atoms with Crippen LogP contribution in [0.15, 0.2) is 33.7 Å². The molecule has 2 aliphatic rings. The molecule has 104 valence electrons. The minimum atomic E-state index is 0.0301. The Morgan fingerprint density at radius 3 is 3.05 bits per heavy atom. The van der Waals surface area contributed by atoms with Crippen molar-refractivity contribution in [2.45, 2.75) is 32.0 Å². The van der Waals surface area contributed by atoms with E-state index in [0.717, 1.165) is 31.7 Å². The molecule has 0 unspecified atom stereocenters. The van der Waals surface area contributed by atoms with E-state index in [1.54, 1.807) is 0 Å². The van der Waals surface area contributed by atoms with Gasteiger partial charge in [0.15, 0.2) is 5.43 Å². The van der Waals surface area contributed by atoms with Crippen molar-refractivity contribution >= 4 is 11.0 Å². The first-order valence-electron chi connectivity index (χ1n) is 7.07. The summed E-state index contributed by atoms with van der Waals surface area (Å²) in [6.07, 6.45) is 3.02. The molecule has 2 bridgehead atoms. The van der Waals surface area contributed by atoms with Crippen molar-refractivity contribution in [3.63, 3.8) is 0 Å². The molecule has 4 nitrogen and oxygen atoms in total. The second kappa shape index (κ2) is 4.43. The van der Waals surface area contributed by atoms with Gasteiger partial charge < -0.3 is 9.15 Å². The zero-order chi connectivity index (χ0) is 13.7. The van der Waals surface area contributed by atoms with E-state index < -0.39 is 0 Å². The van der Waals surface area contributed by atoms with Crippen molar-refractivity contribution < 1.29 is 9.15 Å². The fraction of sp³-hybridized carbons (Fsp3) is 0.438. The van der Waals surface area contributed by atoms with E-state index in [1.165, 1.54) is 17.9 Å². The van der Waals surface area contributed by atoms with Crippen LogP contribution in [0.25, 0.3) is 11.0 Å². The fourth-order valence-corrected chi connectivity index (χ4v) is 3.44. The summed E-state index contributed by atoms with van der Waals surface area (Å²) in [4.78, 5) is 14.4. The smallest absolute Gasteiger partial charge is 0.192 e. The number of hydrogen-bond acceptors (Lipinski definition) is 4. The second-order valence-electron chi connectivity index (χ2n) is 5.85. The van der Waals surface area contributed by atoms with Gasteiger partial charge in [-0.15, -0.1) is 0 Å². The van der Waals surface area contributed by atoms with Crippen LogP contribution >= 0.6 is 0 Å². The Kier molecular flexibility index (Phi) is 2.69. The van der Waals surface area contributed by atoms with Gasteiger partial charge in [0.05, 0.1) is 24.4 Å². The predicted octanol–water partition coefficient (Wildman–Crippen LogP) is 2.07. The highest BCUT2D eigenvalue weighted by atomic mass is 16.5. The quantitative estimate of drug-likeness (QED) is 0.838. The Balaban J connectivity index is 1.70. The van der Waals surface area contributed by atoms with Gasteiger partial charge in [0.1, 0.15) is 5.58 Å². The lowest BCUT2D eigenvalue weighted by molar-refractivity contribution is 0.0273. The number of benzene rings is 1. The van der Waals surface area contributed by atoms with Crippen molar-refractivity contribution in [3.8, 4) is 0 Å². The fourth-order valence-electron chi connectivity index (χ4n) is 3.44. The first kappa shape index (κ1) is 12.1. The summed E-state index contributed by atoms with van der Waals surface area (Å²) in [6.45, 7) is 4.73. The molecule has 1 aromatic carbocycles. The van der Waals surface area contributed by atoms with Crippen LogP contribution in [-0.2, 0) is 11.3 Å². The van der Waals surface area contributed by atoms with Gasteiger partial charge in [-0.1, -0.05) is 6.07 Å². The van der Waals surface area contributed by atoms with Gasteiger partial charge in [-0.25, -0.2) is 0 Å². The number of likely N-dealkylation sites (tertiary alicyclic amines) is 1.